The van der Waals surface area contributed by atoms with Crippen molar-refractivity contribution in [1.29, 1.82) is 0 Å². The van der Waals surface area contributed by atoms with Gasteiger partial charge in [-0.25, -0.2) is 0 Å². The first-order valence-corrected chi connectivity index (χ1v) is 10.2. The summed E-state index contributed by atoms with van der Waals surface area (Å²) in [6, 6.07) is 0. The molecule has 0 saturated carbocycles. The van der Waals surface area contributed by atoms with Crippen LogP contribution < -0.4 is 0 Å². The van der Waals surface area contributed by atoms with Crippen molar-refractivity contribution in [1.82, 2.24) is 0 Å². The molecule has 0 atom stereocenters. The number of carboxylic acid groups (broad SMARTS) is 1. The molecule has 0 aromatic carbocycles. The third-order valence-electron chi connectivity index (χ3n) is 4.46. The molecule has 0 bridgehead atoms. The van der Waals surface area contributed by atoms with E-state index in [9.17, 15) is 4.79 Å². The fraction of sp³-hybridized carbons (Fsp3) is 0.857. The lowest BCUT2D eigenvalue weighted by molar-refractivity contribution is -0.137. The molecule has 0 aliphatic carbocycles. The highest BCUT2D eigenvalue weighted by molar-refractivity contribution is 5.66. The Morgan fingerprint density at radius 1 is 0.583 bits per heavy atom. The summed E-state index contributed by atoms with van der Waals surface area (Å²) in [6.07, 6.45) is 24.4. The zero-order chi connectivity index (χ0) is 17.7. The topological polar surface area (TPSA) is 57.5 Å². The lowest BCUT2D eigenvalue weighted by Gasteiger charge is -2.01. The van der Waals surface area contributed by atoms with E-state index in [-0.39, 0.29) is 0 Å². The van der Waals surface area contributed by atoms with Crippen LogP contribution in [0.2, 0.25) is 0 Å². The van der Waals surface area contributed by atoms with Crippen LogP contribution in [0.5, 0.6) is 0 Å². The number of carboxylic acids is 1. The smallest absolute Gasteiger partial charge is 0.303 e. The minimum atomic E-state index is -0.668. The Morgan fingerprint density at radius 3 is 1.38 bits per heavy atom. The average molecular weight is 341 g/mol. The molecular weight excluding hydrogens is 300 g/mol. The number of aliphatic hydroxyl groups excluding tert-OH is 1. The largest absolute Gasteiger partial charge is 0.481 e. The van der Waals surface area contributed by atoms with Gasteiger partial charge in [-0.05, 0) is 38.5 Å². The van der Waals surface area contributed by atoms with Gasteiger partial charge in [-0.1, -0.05) is 76.4 Å². The number of hydrogen-bond donors (Lipinski definition) is 2. The summed E-state index contributed by atoms with van der Waals surface area (Å²) < 4.78 is 0. The standard InChI is InChI=1S/C21H40O3/c22-20-18-16-14-12-10-8-6-4-2-1-3-5-7-9-11-13-15-17-19-21(23)24/h1,3,22H,2,4-20H2,(H,23,24)/b3-1+. The van der Waals surface area contributed by atoms with Gasteiger partial charge in [0.05, 0.1) is 0 Å². The Morgan fingerprint density at radius 2 is 0.958 bits per heavy atom. The van der Waals surface area contributed by atoms with Gasteiger partial charge < -0.3 is 10.2 Å². The second kappa shape index (κ2) is 20.2. The lowest BCUT2D eigenvalue weighted by Crippen LogP contribution is -1.93. The number of carbonyl (C=O) groups is 1. The third kappa shape index (κ3) is 21.2. The molecular formula is C21H40O3. The number of allylic oxidation sites excluding steroid dienone is 2. The predicted octanol–water partition coefficient (Wildman–Crippen LogP) is 6.25. The van der Waals surface area contributed by atoms with E-state index >= 15 is 0 Å². The molecule has 0 aliphatic rings. The number of rotatable bonds is 19. The summed E-state index contributed by atoms with van der Waals surface area (Å²) in [6.45, 7) is 0.346. The van der Waals surface area contributed by atoms with Crippen LogP contribution in [0.25, 0.3) is 0 Å². The molecule has 142 valence electrons. The maximum atomic E-state index is 10.4. The average Bonchev–Trinajstić information content (AvgIpc) is 2.56. The van der Waals surface area contributed by atoms with Gasteiger partial charge in [0.2, 0.25) is 0 Å². The van der Waals surface area contributed by atoms with Crippen LogP contribution in [0.3, 0.4) is 0 Å². The van der Waals surface area contributed by atoms with Gasteiger partial charge in [0.1, 0.15) is 0 Å². The van der Waals surface area contributed by atoms with E-state index in [0.29, 0.717) is 13.0 Å². The maximum Gasteiger partial charge on any atom is 0.303 e. The van der Waals surface area contributed by atoms with Gasteiger partial charge in [-0.2, -0.15) is 0 Å². The van der Waals surface area contributed by atoms with E-state index in [0.717, 1.165) is 19.3 Å². The molecule has 3 heteroatoms. The highest BCUT2D eigenvalue weighted by atomic mass is 16.4. The predicted molar refractivity (Wildman–Crippen MR) is 102 cm³/mol. The van der Waals surface area contributed by atoms with Crippen molar-refractivity contribution < 1.29 is 15.0 Å². The van der Waals surface area contributed by atoms with Crippen LogP contribution in [0.15, 0.2) is 12.2 Å². The minimum Gasteiger partial charge on any atom is -0.481 e. The van der Waals surface area contributed by atoms with Crippen molar-refractivity contribution in [2.75, 3.05) is 6.61 Å². The van der Waals surface area contributed by atoms with E-state index in [1.807, 2.05) is 0 Å². The second-order valence-corrected chi connectivity index (χ2v) is 6.87. The van der Waals surface area contributed by atoms with Crippen LogP contribution in [0.1, 0.15) is 109 Å². The van der Waals surface area contributed by atoms with Gasteiger partial charge >= 0.3 is 5.97 Å². The second-order valence-electron chi connectivity index (χ2n) is 6.87. The van der Waals surface area contributed by atoms with E-state index in [4.69, 9.17) is 10.2 Å². The number of unbranched alkanes of at least 4 members (excludes halogenated alkanes) is 14. The summed E-state index contributed by atoms with van der Waals surface area (Å²) in [5.74, 6) is -0.668. The Labute approximate surface area is 149 Å². The van der Waals surface area contributed by atoms with E-state index in [2.05, 4.69) is 12.2 Å². The number of hydrogen-bond acceptors (Lipinski definition) is 2. The van der Waals surface area contributed by atoms with Crippen molar-refractivity contribution >= 4 is 5.97 Å². The SMILES string of the molecule is O=C(O)CCCCCCCC/C=C/CCCCCCCCCCO. The quantitative estimate of drug-likeness (QED) is 0.216. The first-order chi connectivity index (χ1) is 11.8. The molecule has 2 N–H and O–H groups in total. The Hall–Kier alpha value is -0.830. The van der Waals surface area contributed by atoms with Crippen LogP contribution in [0.4, 0.5) is 0 Å². The summed E-state index contributed by atoms with van der Waals surface area (Å²) in [4.78, 5) is 10.4. The fourth-order valence-corrected chi connectivity index (χ4v) is 2.92. The summed E-state index contributed by atoms with van der Waals surface area (Å²) in [5.41, 5.74) is 0. The number of aliphatic carboxylic acids is 1. The van der Waals surface area contributed by atoms with Crippen LogP contribution in [0, 0.1) is 0 Å². The molecule has 24 heavy (non-hydrogen) atoms. The van der Waals surface area contributed by atoms with Crippen molar-refractivity contribution in [2.45, 2.75) is 109 Å². The van der Waals surface area contributed by atoms with Crippen molar-refractivity contribution in [3.63, 3.8) is 0 Å². The van der Waals surface area contributed by atoms with Gasteiger partial charge in [0.15, 0.2) is 0 Å². The summed E-state index contributed by atoms with van der Waals surface area (Å²) >= 11 is 0. The zero-order valence-corrected chi connectivity index (χ0v) is 15.7. The van der Waals surface area contributed by atoms with Crippen LogP contribution >= 0.6 is 0 Å². The molecule has 0 radical (unpaired) electrons. The molecule has 3 nitrogen and oxygen atoms in total. The number of aliphatic hydroxyl groups is 1. The lowest BCUT2D eigenvalue weighted by atomic mass is 10.1. The van der Waals surface area contributed by atoms with E-state index in [1.54, 1.807) is 0 Å². The Bertz CT molecular complexity index is 287. The summed E-state index contributed by atoms with van der Waals surface area (Å²) in [5, 5.41) is 17.2. The highest BCUT2D eigenvalue weighted by Crippen LogP contribution is 2.11. The fourth-order valence-electron chi connectivity index (χ4n) is 2.92. The van der Waals surface area contributed by atoms with Gasteiger partial charge in [0, 0.05) is 13.0 Å². The molecule has 0 heterocycles. The molecule has 0 aromatic rings. The molecule has 0 aliphatic heterocycles. The van der Waals surface area contributed by atoms with Crippen molar-refractivity contribution in [2.24, 2.45) is 0 Å². The van der Waals surface area contributed by atoms with Crippen molar-refractivity contribution in [3.05, 3.63) is 12.2 Å². The Balaban J connectivity index is 3.07. The summed E-state index contributed by atoms with van der Waals surface area (Å²) in [7, 11) is 0. The molecule has 0 spiro atoms. The molecule has 0 rings (SSSR count). The van der Waals surface area contributed by atoms with Crippen molar-refractivity contribution in [3.8, 4) is 0 Å². The third-order valence-corrected chi connectivity index (χ3v) is 4.46. The molecule has 0 unspecified atom stereocenters. The van der Waals surface area contributed by atoms with Gasteiger partial charge in [-0.15, -0.1) is 0 Å². The van der Waals surface area contributed by atoms with E-state index < -0.39 is 5.97 Å². The molecule has 0 aromatic heterocycles. The van der Waals surface area contributed by atoms with Crippen LogP contribution in [-0.4, -0.2) is 22.8 Å². The highest BCUT2D eigenvalue weighted by Gasteiger charge is 1.96. The minimum absolute atomic E-state index is 0.326. The first kappa shape index (κ1) is 23.2. The Kier molecular flexibility index (Phi) is 19.5. The normalized spacial score (nSPS) is 11.4. The molecule has 0 fully saturated rings. The monoisotopic (exact) mass is 340 g/mol. The van der Waals surface area contributed by atoms with E-state index in [1.165, 1.54) is 83.5 Å². The van der Waals surface area contributed by atoms with Gasteiger partial charge in [0.25, 0.3) is 0 Å². The van der Waals surface area contributed by atoms with Gasteiger partial charge in [-0.3, -0.25) is 4.79 Å². The van der Waals surface area contributed by atoms with Crippen LogP contribution in [-0.2, 0) is 4.79 Å². The molecule has 0 saturated heterocycles. The maximum absolute atomic E-state index is 10.4. The molecule has 0 amide bonds. The zero-order valence-electron chi connectivity index (χ0n) is 15.7. The first-order valence-electron chi connectivity index (χ1n) is 10.2.